The van der Waals surface area contributed by atoms with Crippen molar-refractivity contribution in [3.63, 3.8) is 0 Å². The Hall–Kier alpha value is -0.650. The maximum Gasteiger partial charge on any atom is 0.308 e. The molecule has 0 rings (SSSR count). The van der Waals surface area contributed by atoms with Gasteiger partial charge in [-0.3, -0.25) is 4.79 Å². The minimum Gasteiger partial charge on any atom is -0.463 e. The summed E-state index contributed by atoms with van der Waals surface area (Å²) in [6.45, 7) is 6.91. The maximum absolute atomic E-state index is 11.5. The van der Waals surface area contributed by atoms with E-state index in [2.05, 4.69) is 0 Å². The van der Waals surface area contributed by atoms with Gasteiger partial charge in [-0.1, -0.05) is 13.8 Å². The van der Waals surface area contributed by atoms with Crippen molar-refractivity contribution in [1.29, 1.82) is 0 Å². The predicted molar refractivity (Wildman–Crippen MR) is 68.5 cm³/mol. The molecule has 0 saturated heterocycles. The van der Waals surface area contributed by atoms with E-state index in [4.69, 9.17) is 18.9 Å². The summed E-state index contributed by atoms with van der Waals surface area (Å²) in [6, 6.07) is 0. The summed E-state index contributed by atoms with van der Waals surface area (Å²) in [4.78, 5) is 11.5. The number of ether oxygens (including phenoxy) is 4. The lowest BCUT2D eigenvalue weighted by Gasteiger charge is -2.12. The van der Waals surface area contributed by atoms with Gasteiger partial charge in [0.15, 0.2) is 0 Å². The van der Waals surface area contributed by atoms with Gasteiger partial charge in [0.25, 0.3) is 0 Å². The Morgan fingerprint density at radius 1 is 0.889 bits per heavy atom. The summed E-state index contributed by atoms with van der Waals surface area (Å²) in [6.07, 6.45) is 1.65. The second kappa shape index (κ2) is 12.8. The summed E-state index contributed by atoms with van der Waals surface area (Å²) in [7, 11) is 1.63. The summed E-state index contributed by atoms with van der Waals surface area (Å²) < 4.78 is 20.4. The molecule has 18 heavy (non-hydrogen) atoms. The van der Waals surface area contributed by atoms with Gasteiger partial charge in [-0.2, -0.15) is 0 Å². The van der Waals surface area contributed by atoms with E-state index >= 15 is 0 Å². The van der Waals surface area contributed by atoms with Crippen LogP contribution in [0.5, 0.6) is 0 Å². The molecular formula is C13H26O5. The van der Waals surface area contributed by atoms with Gasteiger partial charge in [0.2, 0.25) is 0 Å². The van der Waals surface area contributed by atoms with Crippen molar-refractivity contribution < 1.29 is 23.7 Å². The van der Waals surface area contributed by atoms with Gasteiger partial charge in [0, 0.05) is 7.11 Å². The van der Waals surface area contributed by atoms with Crippen LogP contribution in [0.3, 0.4) is 0 Å². The highest BCUT2D eigenvalue weighted by Crippen LogP contribution is 2.09. The normalized spacial score (nSPS) is 10.9. The third-order valence-corrected chi connectivity index (χ3v) is 2.59. The molecule has 0 unspecified atom stereocenters. The molecule has 0 aromatic carbocycles. The van der Waals surface area contributed by atoms with E-state index in [1.54, 1.807) is 7.11 Å². The molecule has 0 aliphatic heterocycles. The van der Waals surface area contributed by atoms with Crippen LogP contribution in [0.2, 0.25) is 0 Å². The third kappa shape index (κ3) is 9.39. The van der Waals surface area contributed by atoms with E-state index < -0.39 is 0 Å². The first kappa shape index (κ1) is 17.4. The van der Waals surface area contributed by atoms with E-state index in [0.717, 1.165) is 12.8 Å². The lowest BCUT2D eigenvalue weighted by atomic mass is 10.0. The van der Waals surface area contributed by atoms with Crippen molar-refractivity contribution in [3.8, 4) is 0 Å². The largest absolute Gasteiger partial charge is 0.463 e. The number of rotatable bonds is 12. The fraction of sp³-hybridized carbons (Fsp3) is 0.923. The zero-order valence-electron chi connectivity index (χ0n) is 11.8. The van der Waals surface area contributed by atoms with Crippen LogP contribution in [0.15, 0.2) is 0 Å². The van der Waals surface area contributed by atoms with Crippen LogP contribution in [-0.4, -0.2) is 52.7 Å². The zero-order valence-corrected chi connectivity index (χ0v) is 11.8. The average molecular weight is 262 g/mol. The Bertz CT molecular complexity index is 192. The first-order valence-corrected chi connectivity index (χ1v) is 6.57. The maximum atomic E-state index is 11.5. The predicted octanol–water partition coefficient (Wildman–Crippen LogP) is 1.65. The molecule has 0 spiro atoms. The fourth-order valence-corrected chi connectivity index (χ4v) is 1.41. The summed E-state index contributed by atoms with van der Waals surface area (Å²) in [5, 5.41) is 0. The molecule has 108 valence electrons. The van der Waals surface area contributed by atoms with Gasteiger partial charge >= 0.3 is 5.97 Å². The molecular weight excluding hydrogens is 236 g/mol. The van der Waals surface area contributed by atoms with E-state index in [-0.39, 0.29) is 11.9 Å². The second-order valence-electron chi connectivity index (χ2n) is 3.90. The van der Waals surface area contributed by atoms with Crippen molar-refractivity contribution >= 4 is 5.97 Å². The van der Waals surface area contributed by atoms with Crippen LogP contribution < -0.4 is 0 Å². The zero-order chi connectivity index (χ0) is 13.6. The summed E-state index contributed by atoms with van der Waals surface area (Å²) in [5.74, 6) is -0.109. The molecule has 5 heteroatoms. The van der Waals surface area contributed by atoms with Gasteiger partial charge in [0.05, 0.1) is 39.0 Å². The third-order valence-electron chi connectivity index (χ3n) is 2.59. The molecule has 0 amide bonds. The number of hydrogen-bond acceptors (Lipinski definition) is 5. The van der Waals surface area contributed by atoms with Crippen molar-refractivity contribution in [2.24, 2.45) is 5.92 Å². The Morgan fingerprint density at radius 3 is 1.89 bits per heavy atom. The highest BCUT2D eigenvalue weighted by molar-refractivity contribution is 5.72. The molecule has 0 radical (unpaired) electrons. The van der Waals surface area contributed by atoms with E-state index in [1.807, 2.05) is 13.8 Å². The Morgan fingerprint density at radius 2 is 1.39 bits per heavy atom. The second-order valence-corrected chi connectivity index (χ2v) is 3.90. The smallest absolute Gasteiger partial charge is 0.308 e. The van der Waals surface area contributed by atoms with E-state index in [1.165, 1.54) is 0 Å². The molecule has 0 N–H and O–H groups in total. The van der Waals surface area contributed by atoms with Crippen LogP contribution in [0.25, 0.3) is 0 Å². The summed E-state index contributed by atoms with van der Waals surface area (Å²) >= 11 is 0. The lowest BCUT2D eigenvalue weighted by molar-refractivity contribution is -0.150. The number of carbonyl (C=O) groups is 1. The highest BCUT2D eigenvalue weighted by atomic mass is 16.6. The monoisotopic (exact) mass is 262 g/mol. The minimum atomic E-state index is -0.125. The van der Waals surface area contributed by atoms with Crippen LogP contribution in [0, 0.1) is 5.92 Å². The Kier molecular flexibility index (Phi) is 12.3. The van der Waals surface area contributed by atoms with Gasteiger partial charge in [-0.05, 0) is 12.8 Å². The van der Waals surface area contributed by atoms with Gasteiger partial charge in [-0.15, -0.1) is 0 Å². The first-order valence-electron chi connectivity index (χ1n) is 6.57. The van der Waals surface area contributed by atoms with Crippen LogP contribution in [0.4, 0.5) is 0 Å². The van der Waals surface area contributed by atoms with E-state index in [9.17, 15) is 4.79 Å². The quantitative estimate of drug-likeness (QED) is 0.395. The Balaban J connectivity index is 3.27. The summed E-state index contributed by atoms with van der Waals surface area (Å²) in [5.41, 5.74) is 0. The van der Waals surface area contributed by atoms with Gasteiger partial charge < -0.3 is 18.9 Å². The molecule has 0 saturated carbocycles. The van der Waals surface area contributed by atoms with Crippen molar-refractivity contribution in [2.75, 3.05) is 46.8 Å². The van der Waals surface area contributed by atoms with Crippen molar-refractivity contribution in [2.45, 2.75) is 26.7 Å². The highest BCUT2D eigenvalue weighted by Gasteiger charge is 2.14. The standard InChI is InChI=1S/C13H26O5/c1-4-12(5-2)13(14)18-11-10-17-9-8-16-7-6-15-3/h12H,4-11H2,1-3H3. The van der Waals surface area contributed by atoms with Crippen LogP contribution in [-0.2, 0) is 23.7 Å². The van der Waals surface area contributed by atoms with Crippen LogP contribution >= 0.6 is 0 Å². The van der Waals surface area contributed by atoms with Crippen molar-refractivity contribution in [1.82, 2.24) is 0 Å². The molecule has 0 aromatic heterocycles. The molecule has 5 nitrogen and oxygen atoms in total. The van der Waals surface area contributed by atoms with Crippen LogP contribution in [0.1, 0.15) is 26.7 Å². The molecule has 0 fully saturated rings. The topological polar surface area (TPSA) is 54.0 Å². The number of methoxy groups -OCH3 is 1. The lowest BCUT2D eigenvalue weighted by Crippen LogP contribution is -2.19. The molecule has 0 aliphatic rings. The van der Waals surface area contributed by atoms with Gasteiger partial charge in [0.1, 0.15) is 6.61 Å². The molecule has 0 aromatic rings. The number of carbonyl (C=O) groups excluding carboxylic acids is 1. The average Bonchev–Trinajstić information content (AvgIpc) is 2.38. The van der Waals surface area contributed by atoms with Gasteiger partial charge in [-0.25, -0.2) is 0 Å². The molecule has 0 atom stereocenters. The number of hydrogen-bond donors (Lipinski definition) is 0. The SMILES string of the molecule is CCC(CC)C(=O)OCCOCCOCCOC. The Labute approximate surface area is 110 Å². The minimum absolute atomic E-state index is 0.0161. The number of esters is 1. The molecule has 0 bridgehead atoms. The van der Waals surface area contributed by atoms with E-state index in [0.29, 0.717) is 39.6 Å². The first-order chi connectivity index (χ1) is 8.76. The molecule has 0 heterocycles. The molecule has 0 aliphatic carbocycles. The fourth-order valence-electron chi connectivity index (χ4n) is 1.41. The van der Waals surface area contributed by atoms with Crippen molar-refractivity contribution in [3.05, 3.63) is 0 Å².